The number of carboxylic acid groups (broad SMARTS) is 1. The van der Waals surface area contributed by atoms with Crippen LogP contribution in [0.15, 0.2) is 6.07 Å². The summed E-state index contributed by atoms with van der Waals surface area (Å²) in [6, 6.07) is 0.585. The summed E-state index contributed by atoms with van der Waals surface area (Å²) < 4.78 is 10.7. The van der Waals surface area contributed by atoms with Gasteiger partial charge in [-0.3, -0.25) is 4.79 Å². The molecule has 5 heteroatoms. The minimum absolute atomic E-state index is 0.475. The molecule has 1 aromatic carbocycles. The summed E-state index contributed by atoms with van der Waals surface area (Å²) >= 11 is 0. The minimum atomic E-state index is -1.10. The van der Waals surface area contributed by atoms with Crippen LogP contribution >= 0.6 is 0 Å². The van der Waals surface area contributed by atoms with Crippen molar-refractivity contribution in [3.05, 3.63) is 22.8 Å². The van der Waals surface area contributed by atoms with Gasteiger partial charge < -0.3 is 20.3 Å². The van der Waals surface area contributed by atoms with Crippen molar-refractivity contribution in [1.29, 1.82) is 0 Å². The molecule has 1 aromatic rings. The van der Waals surface area contributed by atoms with Crippen LogP contribution < -0.4 is 15.2 Å². The van der Waals surface area contributed by atoms with Crippen molar-refractivity contribution >= 4 is 5.97 Å². The van der Waals surface area contributed by atoms with Crippen LogP contribution in [0.2, 0.25) is 0 Å². The Kier molecular flexibility index (Phi) is 3.43. The Labute approximate surface area is 106 Å². The van der Waals surface area contributed by atoms with E-state index in [1.807, 2.05) is 0 Å². The molecule has 98 valence electrons. The van der Waals surface area contributed by atoms with Crippen LogP contribution in [-0.2, 0) is 17.6 Å². The second-order valence-electron chi connectivity index (χ2n) is 4.33. The first-order valence-corrected chi connectivity index (χ1v) is 5.85. The summed E-state index contributed by atoms with van der Waals surface area (Å²) in [6.45, 7) is 0. The van der Waals surface area contributed by atoms with E-state index < -0.39 is 12.0 Å². The maximum absolute atomic E-state index is 11.0. The molecule has 0 aliphatic heterocycles. The molecule has 1 aliphatic carbocycles. The Bertz CT molecular complexity index is 484. The zero-order valence-corrected chi connectivity index (χ0v) is 10.5. The van der Waals surface area contributed by atoms with Crippen molar-refractivity contribution in [2.45, 2.75) is 25.3 Å². The first-order chi connectivity index (χ1) is 8.60. The molecule has 18 heavy (non-hydrogen) atoms. The lowest BCUT2D eigenvalue weighted by Gasteiger charge is -2.18. The van der Waals surface area contributed by atoms with Gasteiger partial charge in [0, 0.05) is 16.7 Å². The lowest BCUT2D eigenvalue weighted by molar-refractivity contribution is -0.138. The standard InChI is InChI=1S/C13H17NO4/c1-17-10-6-9(11(14)13(15)16)12(18-2)8-5-3-4-7(8)10/h6,11H,3-5,14H2,1-2H3,(H,15,16). The number of hydrogen-bond acceptors (Lipinski definition) is 4. The van der Waals surface area contributed by atoms with E-state index in [2.05, 4.69) is 0 Å². The van der Waals surface area contributed by atoms with Crippen molar-refractivity contribution in [2.24, 2.45) is 5.73 Å². The van der Waals surface area contributed by atoms with Gasteiger partial charge in [0.05, 0.1) is 14.2 Å². The van der Waals surface area contributed by atoms with Gasteiger partial charge in [0.25, 0.3) is 0 Å². The molecule has 1 atom stereocenters. The molecule has 0 saturated carbocycles. The first-order valence-electron chi connectivity index (χ1n) is 5.85. The van der Waals surface area contributed by atoms with Gasteiger partial charge in [0.2, 0.25) is 0 Å². The van der Waals surface area contributed by atoms with E-state index in [1.54, 1.807) is 20.3 Å². The zero-order chi connectivity index (χ0) is 13.3. The summed E-state index contributed by atoms with van der Waals surface area (Å²) in [5.74, 6) is 0.224. The average molecular weight is 251 g/mol. The van der Waals surface area contributed by atoms with Gasteiger partial charge in [-0.2, -0.15) is 0 Å². The minimum Gasteiger partial charge on any atom is -0.496 e. The van der Waals surface area contributed by atoms with Crippen LogP contribution in [0.25, 0.3) is 0 Å². The number of fused-ring (bicyclic) bond motifs is 1. The Hall–Kier alpha value is -1.75. The predicted molar refractivity (Wildman–Crippen MR) is 66.1 cm³/mol. The fraction of sp³-hybridized carbons (Fsp3) is 0.462. The Morgan fingerprint density at radius 1 is 1.33 bits per heavy atom. The van der Waals surface area contributed by atoms with Gasteiger partial charge >= 0.3 is 5.97 Å². The lowest BCUT2D eigenvalue weighted by Crippen LogP contribution is -2.22. The van der Waals surface area contributed by atoms with Crippen LogP contribution in [0.5, 0.6) is 11.5 Å². The number of rotatable bonds is 4. The molecule has 1 unspecified atom stereocenters. The Morgan fingerprint density at radius 3 is 2.56 bits per heavy atom. The summed E-state index contributed by atoms with van der Waals surface area (Å²) in [4.78, 5) is 11.0. The van der Waals surface area contributed by atoms with Crippen molar-refractivity contribution in [2.75, 3.05) is 14.2 Å². The van der Waals surface area contributed by atoms with Crippen molar-refractivity contribution in [1.82, 2.24) is 0 Å². The third kappa shape index (κ3) is 1.90. The maximum atomic E-state index is 11.0. The zero-order valence-electron chi connectivity index (χ0n) is 10.5. The molecule has 0 spiro atoms. The van der Waals surface area contributed by atoms with Gasteiger partial charge in [0.15, 0.2) is 0 Å². The topological polar surface area (TPSA) is 81.8 Å². The summed E-state index contributed by atoms with van der Waals surface area (Å²) in [5, 5.41) is 9.05. The quantitative estimate of drug-likeness (QED) is 0.842. The fourth-order valence-electron chi connectivity index (χ4n) is 2.52. The lowest BCUT2D eigenvalue weighted by atomic mass is 9.98. The fourth-order valence-corrected chi connectivity index (χ4v) is 2.52. The highest BCUT2D eigenvalue weighted by atomic mass is 16.5. The second-order valence-corrected chi connectivity index (χ2v) is 4.33. The summed E-state index contributed by atoms with van der Waals surface area (Å²) in [6.07, 6.45) is 2.82. The maximum Gasteiger partial charge on any atom is 0.325 e. The van der Waals surface area contributed by atoms with Gasteiger partial charge in [-0.25, -0.2) is 0 Å². The summed E-state index contributed by atoms with van der Waals surface area (Å²) in [5.41, 5.74) is 8.31. The van der Waals surface area contributed by atoms with Gasteiger partial charge in [-0.1, -0.05) is 0 Å². The molecule has 0 aromatic heterocycles. The van der Waals surface area contributed by atoms with E-state index in [9.17, 15) is 4.79 Å². The highest BCUT2D eigenvalue weighted by Gasteiger charge is 2.28. The molecule has 0 fully saturated rings. The molecule has 2 rings (SSSR count). The summed E-state index contributed by atoms with van der Waals surface area (Å²) in [7, 11) is 3.12. The molecular formula is C13H17NO4. The number of aliphatic carboxylic acids is 1. The first kappa shape index (κ1) is 12.7. The molecule has 0 bridgehead atoms. The highest BCUT2D eigenvalue weighted by molar-refractivity contribution is 5.77. The molecule has 0 amide bonds. The Balaban J connectivity index is 2.62. The molecule has 0 saturated heterocycles. The third-order valence-corrected chi connectivity index (χ3v) is 3.36. The smallest absolute Gasteiger partial charge is 0.325 e. The number of ether oxygens (including phenoxy) is 2. The highest BCUT2D eigenvalue weighted by Crippen LogP contribution is 2.41. The monoisotopic (exact) mass is 251 g/mol. The molecule has 3 N–H and O–H groups in total. The average Bonchev–Trinajstić information content (AvgIpc) is 2.84. The van der Waals surface area contributed by atoms with E-state index in [-0.39, 0.29) is 0 Å². The SMILES string of the molecule is COc1cc(C(N)C(=O)O)c(OC)c2c1CCC2. The Morgan fingerprint density at radius 2 is 2.00 bits per heavy atom. The van der Waals surface area contributed by atoms with E-state index in [0.717, 1.165) is 30.4 Å². The van der Waals surface area contributed by atoms with Crippen LogP contribution in [0.4, 0.5) is 0 Å². The second kappa shape index (κ2) is 4.86. The van der Waals surface area contributed by atoms with E-state index in [1.165, 1.54) is 0 Å². The number of methoxy groups -OCH3 is 2. The van der Waals surface area contributed by atoms with Crippen molar-refractivity contribution < 1.29 is 19.4 Å². The molecule has 0 radical (unpaired) electrons. The number of carboxylic acids is 1. The van der Waals surface area contributed by atoms with Crippen LogP contribution in [0.3, 0.4) is 0 Å². The van der Waals surface area contributed by atoms with Crippen LogP contribution in [0, 0.1) is 0 Å². The normalized spacial score (nSPS) is 15.1. The van der Waals surface area contributed by atoms with Crippen molar-refractivity contribution in [3.8, 4) is 11.5 Å². The molecule has 5 nitrogen and oxygen atoms in total. The molecular weight excluding hydrogens is 234 g/mol. The van der Waals surface area contributed by atoms with E-state index >= 15 is 0 Å². The van der Waals surface area contributed by atoms with Gasteiger partial charge in [0.1, 0.15) is 17.5 Å². The number of hydrogen-bond donors (Lipinski definition) is 2. The van der Waals surface area contributed by atoms with Crippen LogP contribution in [-0.4, -0.2) is 25.3 Å². The predicted octanol–water partition coefficient (Wildman–Crippen LogP) is 1.28. The van der Waals surface area contributed by atoms with E-state index in [0.29, 0.717) is 17.1 Å². The number of benzene rings is 1. The molecule has 0 heterocycles. The third-order valence-electron chi connectivity index (χ3n) is 3.36. The van der Waals surface area contributed by atoms with Gasteiger partial charge in [-0.05, 0) is 25.3 Å². The largest absolute Gasteiger partial charge is 0.496 e. The van der Waals surface area contributed by atoms with Crippen molar-refractivity contribution in [3.63, 3.8) is 0 Å². The van der Waals surface area contributed by atoms with E-state index in [4.69, 9.17) is 20.3 Å². The number of nitrogens with two attached hydrogens (primary N) is 1. The van der Waals surface area contributed by atoms with Gasteiger partial charge in [-0.15, -0.1) is 0 Å². The van der Waals surface area contributed by atoms with Crippen LogP contribution in [0.1, 0.15) is 29.2 Å². The molecule has 1 aliphatic rings. The number of carbonyl (C=O) groups is 1.